The van der Waals surface area contributed by atoms with Gasteiger partial charge in [0.1, 0.15) is 0 Å². The monoisotopic (exact) mass is 560 g/mol. The van der Waals surface area contributed by atoms with E-state index in [1.54, 1.807) is 12.1 Å². The van der Waals surface area contributed by atoms with Gasteiger partial charge in [0.2, 0.25) is 0 Å². The Hall–Kier alpha value is -0.960. The van der Waals surface area contributed by atoms with E-state index in [4.69, 9.17) is 46.4 Å². The first-order valence-corrected chi connectivity index (χ1v) is 13.9. The van der Waals surface area contributed by atoms with E-state index in [0.29, 0.717) is 6.42 Å². The van der Waals surface area contributed by atoms with Crippen LogP contribution in [0.2, 0.25) is 20.1 Å². The molecular formula is C26H29Cl4O3P. The second kappa shape index (κ2) is 14.6. The number of Topliss-reactive ketones (excluding diaryl/α,β-unsaturated/α-hetero) is 2. The minimum Gasteiger partial charge on any atom is -0.292 e. The van der Waals surface area contributed by atoms with Gasteiger partial charge in [0, 0.05) is 0 Å². The molecule has 0 aliphatic carbocycles. The lowest BCUT2D eigenvalue weighted by Gasteiger charge is -2.26. The number of ketones is 2. The number of benzene rings is 2. The van der Waals surface area contributed by atoms with Crippen LogP contribution in [-0.4, -0.2) is 16.7 Å². The number of rotatable bonds is 15. The Labute approximate surface area is 223 Å². The van der Waals surface area contributed by atoms with Gasteiger partial charge in [-0.2, -0.15) is 0 Å². The third kappa shape index (κ3) is 7.28. The van der Waals surface area contributed by atoms with E-state index >= 15 is 0 Å². The first-order valence-electron chi connectivity index (χ1n) is 11.6. The van der Waals surface area contributed by atoms with Crippen LogP contribution in [0.1, 0.15) is 91.8 Å². The molecule has 0 fully saturated rings. The van der Waals surface area contributed by atoms with Crippen LogP contribution >= 0.6 is 54.9 Å². The molecular weight excluding hydrogens is 533 g/mol. The summed E-state index contributed by atoms with van der Waals surface area (Å²) in [6.45, 7) is 2.19. The van der Waals surface area contributed by atoms with Crippen LogP contribution in [0.15, 0.2) is 36.4 Å². The highest BCUT2D eigenvalue weighted by molar-refractivity contribution is 7.30. The van der Waals surface area contributed by atoms with Crippen LogP contribution < -0.4 is 0 Å². The van der Waals surface area contributed by atoms with Gasteiger partial charge in [-0.05, 0) is 30.7 Å². The highest BCUT2D eigenvalue weighted by Gasteiger charge is 2.49. The molecule has 0 saturated carbocycles. The van der Waals surface area contributed by atoms with E-state index in [0.717, 1.165) is 25.7 Å². The summed E-state index contributed by atoms with van der Waals surface area (Å²) in [5.41, 5.74) is -0.0525. The molecule has 0 aliphatic heterocycles. The Morgan fingerprint density at radius 3 is 1.38 bits per heavy atom. The first-order chi connectivity index (χ1) is 16.3. The molecule has 0 aliphatic rings. The van der Waals surface area contributed by atoms with Gasteiger partial charge in [0.25, 0.3) is 0 Å². The summed E-state index contributed by atoms with van der Waals surface area (Å²) in [5.74, 6) is -1.39. The Morgan fingerprint density at radius 1 is 0.676 bits per heavy atom. The maximum absolute atomic E-state index is 13.8. The standard InChI is InChI=1S/C26H29Cl4O3P/c1-2-3-4-5-6-7-8-9-10-17-26(34-33,24(31)22-18(27)13-11-14-19(22)28)25(32)23-20(29)15-12-16-21(23)30/h11-16H,2-10,17H2,1H3. The summed E-state index contributed by atoms with van der Waals surface area (Å²) in [6.07, 6.45) is 9.54. The maximum atomic E-state index is 13.8. The molecule has 34 heavy (non-hydrogen) atoms. The van der Waals surface area contributed by atoms with Crippen molar-refractivity contribution < 1.29 is 14.2 Å². The fourth-order valence-corrected chi connectivity index (χ4v) is 5.77. The van der Waals surface area contributed by atoms with Gasteiger partial charge in [-0.25, -0.2) is 0 Å². The van der Waals surface area contributed by atoms with Crippen LogP contribution in [-0.2, 0) is 4.57 Å². The van der Waals surface area contributed by atoms with Crippen molar-refractivity contribution in [3.05, 3.63) is 67.6 Å². The molecule has 0 amide bonds. The van der Waals surface area contributed by atoms with E-state index < -0.39 is 25.2 Å². The van der Waals surface area contributed by atoms with E-state index in [-0.39, 0.29) is 37.6 Å². The number of carbonyl (C=O) groups is 2. The average Bonchev–Trinajstić information content (AvgIpc) is 2.80. The van der Waals surface area contributed by atoms with Crippen molar-refractivity contribution in [1.82, 2.24) is 0 Å². The van der Waals surface area contributed by atoms with Crippen LogP contribution in [0.25, 0.3) is 0 Å². The number of carbonyl (C=O) groups excluding carboxylic acids is 2. The fraction of sp³-hybridized carbons (Fsp3) is 0.462. The number of hydrogen-bond acceptors (Lipinski definition) is 3. The average molecular weight is 562 g/mol. The lowest BCUT2D eigenvalue weighted by Crippen LogP contribution is -2.42. The molecule has 0 bridgehead atoms. The highest BCUT2D eigenvalue weighted by Crippen LogP contribution is 2.42. The van der Waals surface area contributed by atoms with E-state index in [9.17, 15) is 14.2 Å². The Bertz CT molecular complexity index is 906. The van der Waals surface area contributed by atoms with Crippen molar-refractivity contribution in [2.75, 3.05) is 0 Å². The zero-order valence-electron chi connectivity index (χ0n) is 19.2. The number of unbranched alkanes of at least 4 members (excludes halogenated alkanes) is 8. The largest absolute Gasteiger partial charge is 0.292 e. The first kappa shape index (κ1) is 29.3. The zero-order valence-corrected chi connectivity index (χ0v) is 23.1. The molecule has 0 unspecified atom stereocenters. The molecule has 2 rings (SSSR count). The van der Waals surface area contributed by atoms with Crippen LogP contribution in [0, 0.1) is 0 Å². The number of hydrogen-bond donors (Lipinski definition) is 0. The summed E-state index contributed by atoms with van der Waals surface area (Å²) in [6, 6.07) is 9.26. The second-order valence-corrected chi connectivity index (χ2v) is 11.0. The quantitative estimate of drug-likeness (QED) is 0.0940. The molecule has 2 aromatic rings. The molecule has 8 heteroatoms. The van der Waals surface area contributed by atoms with Gasteiger partial charge in [-0.1, -0.05) is 123 Å². The molecule has 0 N–H and O–H groups in total. The van der Waals surface area contributed by atoms with Gasteiger partial charge < -0.3 is 0 Å². The summed E-state index contributed by atoms with van der Waals surface area (Å²) >= 11 is 25.1. The molecule has 0 radical (unpaired) electrons. The predicted octanol–water partition coefficient (Wildman–Crippen LogP) is 10.3. The lowest BCUT2D eigenvalue weighted by atomic mass is 9.84. The SMILES string of the molecule is CCCCCCCCCCCC(P=O)(C(=O)c1c(Cl)cccc1Cl)C(=O)c1c(Cl)cccc1Cl. The predicted molar refractivity (Wildman–Crippen MR) is 144 cm³/mol. The summed E-state index contributed by atoms with van der Waals surface area (Å²) in [7, 11) is -0.652. The van der Waals surface area contributed by atoms with Crippen molar-refractivity contribution in [1.29, 1.82) is 0 Å². The Morgan fingerprint density at radius 2 is 1.03 bits per heavy atom. The van der Waals surface area contributed by atoms with Gasteiger partial charge in [0.05, 0.1) is 31.2 Å². The van der Waals surface area contributed by atoms with Crippen molar-refractivity contribution >= 4 is 66.4 Å². The Balaban J connectivity index is 2.30. The molecule has 0 atom stereocenters. The molecule has 0 heterocycles. The van der Waals surface area contributed by atoms with E-state index in [2.05, 4.69) is 6.92 Å². The summed E-state index contributed by atoms with van der Waals surface area (Å²) in [4.78, 5) is 27.5. The van der Waals surface area contributed by atoms with Crippen LogP contribution in [0.5, 0.6) is 0 Å². The highest BCUT2D eigenvalue weighted by atomic mass is 35.5. The topological polar surface area (TPSA) is 51.2 Å². The van der Waals surface area contributed by atoms with E-state index in [1.807, 2.05) is 0 Å². The molecule has 0 saturated heterocycles. The zero-order chi connectivity index (χ0) is 25.1. The van der Waals surface area contributed by atoms with Crippen molar-refractivity contribution in [3.8, 4) is 0 Å². The lowest BCUT2D eigenvalue weighted by molar-refractivity contribution is 0.0825. The third-order valence-electron chi connectivity index (χ3n) is 5.93. The summed E-state index contributed by atoms with van der Waals surface area (Å²) < 4.78 is 12.7. The molecule has 0 spiro atoms. The van der Waals surface area contributed by atoms with Crippen molar-refractivity contribution in [2.24, 2.45) is 0 Å². The van der Waals surface area contributed by atoms with Gasteiger partial charge in [-0.3, -0.25) is 14.2 Å². The fourth-order valence-electron chi connectivity index (χ4n) is 3.99. The Kier molecular flexibility index (Phi) is 12.5. The van der Waals surface area contributed by atoms with Gasteiger partial charge >= 0.3 is 0 Å². The van der Waals surface area contributed by atoms with Gasteiger partial charge in [-0.15, -0.1) is 0 Å². The van der Waals surface area contributed by atoms with E-state index in [1.165, 1.54) is 49.9 Å². The van der Waals surface area contributed by atoms with Crippen molar-refractivity contribution in [3.63, 3.8) is 0 Å². The molecule has 2 aromatic carbocycles. The smallest absolute Gasteiger partial charge is 0.191 e. The summed E-state index contributed by atoms with van der Waals surface area (Å²) in [5, 5.41) is -1.55. The van der Waals surface area contributed by atoms with Crippen LogP contribution in [0.3, 0.4) is 0 Å². The second-order valence-electron chi connectivity index (χ2n) is 8.38. The minimum absolute atomic E-state index is 0.0263. The van der Waals surface area contributed by atoms with Gasteiger partial charge in [0.15, 0.2) is 25.2 Å². The molecule has 0 aromatic heterocycles. The minimum atomic E-state index is -1.93. The van der Waals surface area contributed by atoms with Crippen molar-refractivity contribution in [2.45, 2.75) is 76.3 Å². The number of halogens is 4. The van der Waals surface area contributed by atoms with Crippen LogP contribution in [0.4, 0.5) is 0 Å². The third-order valence-corrected chi connectivity index (χ3v) is 8.13. The normalized spacial score (nSPS) is 11.7. The molecule has 3 nitrogen and oxygen atoms in total. The molecule has 184 valence electrons. The maximum Gasteiger partial charge on any atom is 0.191 e.